The molecule has 0 saturated carbocycles. The Bertz CT molecular complexity index is 807. The van der Waals surface area contributed by atoms with Crippen molar-refractivity contribution < 1.29 is 14.3 Å². The molecule has 0 spiro atoms. The van der Waals surface area contributed by atoms with Crippen LogP contribution in [0.5, 0.6) is 0 Å². The number of hydrogen-bond donors (Lipinski definition) is 1. The van der Waals surface area contributed by atoms with Gasteiger partial charge in [-0.1, -0.05) is 13.8 Å². The van der Waals surface area contributed by atoms with Crippen LogP contribution in [-0.2, 0) is 11.2 Å². The highest BCUT2D eigenvalue weighted by molar-refractivity contribution is 6.10. The van der Waals surface area contributed by atoms with E-state index in [1.807, 2.05) is 0 Å². The molecule has 0 aromatic carbocycles. The lowest BCUT2D eigenvalue weighted by Crippen LogP contribution is -2.30. The van der Waals surface area contributed by atoms with Crippen molar-refractivity contribution >= 4 is 11.8 Å². The fraction of sp³-hybridized carbons (Fsp3) is 0.444. The summed E-state index contributed by atoms with van der Waals surface area (Å²) in [6, 6.07) is 0. The van der Waals surface area contributed by atoms with Crippen molar-refractivity contribution in [2.24, 2.45) is 5.41 Å². The van der Waals surface area contributed by atoms with Gasteiger partial charge >= 0.3 is 5.97 Å². The molecule has 2 heterocycles. The summed E-state index contributed by atoms with van der Waals surface area (Å²) in [4.78, 5) is 37.0. The normalized spacial score (nSPS) is 15.9. The van der Waals surface area contributed by atoms with Gasteiger partial charge < -0.3 is 9.72 Å². The number of ketones is 1. The number of ether oxygens (including phenoxy) is 1. The number of imidazole rings is 1. The van der Waals surface area contributed by atoms with Gasteiger partial charge in [0.25, 0.3) is 0 Å². The predicted molar refractivity (Wildman–Crippen MR) is 88.9 cm³/mol. The zero-order valence-corrected chi connectivity index (χ0v) is 14.4. The Balaban J connectivity index is 2.32. The van der Waals surface area contributed by atoms with Gasteiger partial charge in [0.15, 0.2) is 5.78 Å². The SMILES string of the molecule is CCOC(=O)c1c(C)nc2c(c1-c1cnc[nH]1)C(=O)CC(C)(C)C2. The summed E-state index contributed by atoms with van der Waals surface area (Å²) in [5.74, 6) is -0.462. The largest absolute Gasteiger partial charge is 0.462 e. The molecule has 3 rings (SSSR count). The Morgan fingerprint density at radius 1 is 1.33 bits per heavy atom. The van der Waals surface area contributed by atoms with Gasteiger partial charge in [0.05, 0.1) is 41.8 Å². The van der Waals surface area contributed by atoms with Crippen molar-refractivity contribution in [2.45, 2.75) is 40.5 Å². The van der Waals surface area contributed by atoms with E-state index in [0.717, 1.165) is 5.69 Å². The van der Waals surface area contributed by atoms with Crippen LogP contribution in [0.25, 0.3) is 11.3 Å². The van der Waals surface area contributed by atoms with Gasteiger partial charge in [-0.15, -0.1) is 0 Å². The first-order valence-corrected chi connectivity index (χ1v) is 8.06. The summed E-state index contributed by atoms with van der Waals surface area (Å²) >= 11 is 0. The Morgan fingerprint density at radius 2 is 2.08 bits per heavy atom. The summed E-state index contributed by atoms with van der Waals surface area (Å²) in [7, 11) is 0. The number of carbonyl (C=O) groups excluding carboxylic acids is 2. The summed E-state index contributed by atoms with van der Waals surface area (Å²) in [6.07, 6.45) is 4.27. The third-order valence-corrected chi connectivity index (χ3v) is 4.26. The monoisotopic (exact) mass is 327 g/mol. The number of pyridine rings is 1. The third kappa shape index (κ3) is 2.72. The molecule has 1 aliphatic rings. The topological polar surface area (TPSA) is 84.9 Å². The fourth-order valence-corrected chi connectivity index (χ4v) is 3.35. The average Bonchev–Trinajstić information content (AvgIpc) is 2.98. The van der Waals surface area contributed by atoms with Crippen LogP contribution in [0.4, 0.5) is 0 Å². The predicted octanol–water partition coefficient (Wildman–Crippen LogP) is 3.11. The Morgan fingerprint density at radius 3 is 2.71 bits per heavy atom. The molecule has 0 atom stereocenters. The molecule has 0 bridgehead atoms. The fourth-order valence-electron chi connectivity index (χ4n) is 3.35. The molecular formula is C18H21N3O3. The molecule has 0 aliphatic heterocycles. The highest BCUT2D eigenvalue weighted by atomic mass is 16.5. The molecule has 0 unspecified atom stereocenters. The van der Waals surface area contributed by atoms with Crippen LogP contribution in [0.2, 0.25) is 0 Å². The van der Waals surface area contributed by atoms with E-state index in [0.29, 0.717) is 40.9 Å². The smallest absolute Gasteiger partial charge is 0.340 e. The van der Waals surface area contributed by atoms with E-state index in [1.165, 1.54) is 6.33 Å². The van der Waals surface area contributed by atoms with Gasteiger partial charge in [-0.05, 0) is 25.7 Å². The zero-order chi connectivity index (χ0) is 17.5. The lowest BCUT2D eigenvalue weighted by molar-refractivity contribution is 0.0526. The summed E-state index contributed by atoms with van der Waals surface area (Å²) in [6.45, 7) is 7.90. The standard InChI is InChI=1S/C18H21N3O3/c1-5-24-17(23)14-10(2)21-11-6-18(3,4)7-13(22)15(11)16(14)12-8-19-9-20-12/h8-9H,5-7H2,1-4H3,(H,19,20). The van der Waals surface area contributed by atoms with E-state index in [9.17, 15) is 9.59 Å². The second-order valence-electron chi connectivity index (χ2n) is 6.90. The molecule has 24 heavy (non-hydrogen) atoms. The number of aromatic nitrogens is 3. The van der Waals surface area contributed by atoms with Crippen molar-refractivity contribution in [3.8, 4) is 11.3 Å². The number of fused-ring (bicyclic) bond motifs is 1. The minimum Gasteiger partial charge on any atom is -0.462 e. The van der Waals surface area contributed by atoms with Crippen LogP contribution in [0, 0.1) is 12.3 Å². The Hall–Kier alpha value is -2.50. The number of aryl methyl sites for hydroxylation is 1. The maximum atomic E-state index is 12.8. The zero-order valence-electron chi connectivity index (χ0n) is 14.4. The van der Waals surface area contributed by atoms with Crippen LogP contribution >= 0.6 is 0 Å². The van der Waals surface area contributed by atoms with Crippen LogP contribution in [0.1, 0.15) is 59.3 Å². The first kappa shape index (κ1) is 16.4. The van der Waals surface area contributed by atoms with Gasteiger partial charge in [0, 0.05) is 17.5 Å². The van der Waals surface area contributed by atoms with Crippen molar-refractivity contribution in [1.29, 1.82) is 0 Å². The van der Waals surface area contributed by atoms with E-state index in [1.54, 1.807) is 20.0 Å². The van der Waals surface area contributed by atoms with E-state index in [4.69, 9.17) is 4.74 Å². The second kappa shape index (κ2) is 5.85. The molecule has 2 aromatic rings. The molecule has 0 fully saturated rings. The molecule has 1 aliphatic carbocycles. The number of Topliss-reactive ketones (excluding diaryl/α,β-unsaturated/α-hetero) is 1. The average molecular weight is 327 g/mol. The highest BCUT2D eigenvalue weighted by Crippen LogP contribution is 2.40. The maximum absolute atomic E-state index is 12.8. The summed E-state index contributed by atoms with van der Waals surface area (Å²) < 4.78 is 5.19. The molecule has 2 aromatic heterocycles. The number of nitrogens with one attached hydrogen (secondary N) is 1. The number of nitrogens with zero attached hydrogens (tertiary/aromatic N) is 2. The quantitative estimate of drug-likeness (QED) is 0.876. The van der Waals surface area contributed by atoms with Gasteiger partial charge in [-0.3, -0.25) is 9.78 Å². The molecule has 1 N–H and O–H groups in total. The van der Waals surface area contributed by atoms with Gasteiger partial charge in [-0.2, -0.15) is 0 Å². The first-order valence-electron chi connectivity index (χ1n) is 8.06. The Kier molecular flexibility index (Phi) is 3.99. The minimum absolute atomic E-state index is 0.00361. The molecular weight excluding hydrogens is 306 g/mol. The van der Waals surface area contributed by atoms with E-state index >= 15 is 0 Å². The lowest BCUT2D eigenvalue weighted by Gasteiger charge is -2.31. The minimum atomic E-state index is -0.465. The Labute approximate surface area is 140 Å². The van der Waals surface area contributed by atoms with Gasteiger partial charge in [-0.25, -0.2) is 9.78 Å². The van der Waals surface area contributed by atoms with Crippen LogP contribution in [-0.4, -0.2) is 33.3 Å². The number of carbonyl (C=O) groups is 2. The molecule has 126 valence electrons. The molecule has 6 heteroatoms. The second-order valence-corrected chi connectivity index (χ2v) is 6.90. The van der Waals surface area contributed by atoms with E-state index in [-0.39, 0.29) is 17.8 Å². The number of esters is 1. The molecule has 6 nitrogen and oxygen atoms in total. The van der Waals surface area contributed by atoms with Crippen LogP contribution in [0.3, 0.4) is 0 Å². The van der Waals surface area contributed by atoms with Gasteiger partial charge in [0.1, 0.15) is 0 Å². The summed E-state index contributed by atoms with van der Waals surface area (Å²) in [5.41, 5.74) is 3.23. The number of aromatic amines is 1. The van der Waals surface area contributed by atoms with Gasteiger partial charge in [0.2, 0.25) is 0 Å². The van der Waals surface area contributed by atoms with E-state index in [2.05, 4.69) is 28.8 Å². The number of hydrogen-bond acceptors (Lipinski definition) is 5. The highest BCUT2D eigenvalue weighted by Gasteiger charge is 2.37. The van der Waals surface area contributed by atoms with Crippen molar-refractivity contribution in [1.82, 2.24) is 15.0 Å². The maximum Gasteiger partial charge on any atom is 0.340 e. The van der Waals surface area contributed by atoms with Crippen LogP contribution < -0.4 is 0 Å². The summed E-state index contributed by atoms with van der Waals surface area (Å²) in [5, 5.41) is 0. The van der Waals surface area contributed by atoms with Crippen molar-refractivity contribution in [3.05, 3.63) is 35.0 Å². The molecule has 0 saturated heterocycles. The first-order chi connectivity index (χ1) is 11.3. The van der Waals surface area contributed by atoms with E-state index < -0.39 is 5.97 Å². The number of rotatable bonds is 3. The van der Waals surface area contributed by atoms with Crippen molar-refractivity contribution in [2.75, 3.05) is 6.61 Å². The lowest BCUT2D eigenvalue weighted by atomic mass is 9.73. The molecule has 0 amide bonds. The number of H-pyrrole nitrogens is 1. The van der Waals surface area contributed by atoms with Crippen LogP contribution in [0.15, 0.2) is 12.5 Å². The third-order valence-electron chi connectivity index (χ3n) is 4.26. The van der Waals surface area contributed by atoms with Crippen molar-refractivity contribution in [3.63, 3.8) is 0 Å². The molecule has 0 radical (unpaired) electrons.